The summed E-state index contributed by atoms with van der Waals surface area (Å²) in [6.45, 7) is 2.22. The normalized spacial score (nSPS) is 23.3. The minimum atomic E-state index is -5.08. The maximum absolute atomic E-state index is 11.9. The Kier molecular flexibility index (Phi) is 5.46. The Bertz CT molecular complexity index is 639. The Morgan fingerprint density at radius 1 is 1.12 bits per heavy atom. The number of likely N-dealkylation sites (tertiary alicyclic amines) is 2. The average molecular weight is 358 g/mol. The van der Waals surface area contributed by atoms with Gasteiger partial charge in [0.15, 0.2) is 0 Å². The maximum Gasteiger partial charge on any atom is 0.490 e. The molecule has 2 amide bonds. The number of imide groups is 1. The first kappa shape index (κ1) is 18.9. The van der Waals surface area contributed by atoms with Crippen molar-refractivity contribution in [1.29, 1.82) is 0 Å². The van der Waals surface area contributed by atoms with E-state index in [0.717, 1.165) is 6.54 Å². The second-order valence-corrected chi connectivity index (χ2v) is 5.93. The van der Waals surface area contributed by atoms with Crippen molar-refractivity contribution in [1.82, 2.24) is 9.80 Å². The third-order valence-electron chi connectivity index (χ3n) is 4.18. The summed E-state index contributed by atoms with van der Waals surface area (Å²) in [5, 5.41) is 7.12. The van der Waals surface area contributed by atoms with Crippen LogP contribution in [0.15, 0.2) is 30.3 Å². The highest BCUT2D eigenvalue weighted by molar-refractivity contribution is 6.05. The van der Waals surface area contributed by atoms with Crippen molar-refractivity contribution in [3.8, 4) is 0 Å². The third kappa shape index (κ3) is 4.36. The van der Waals surface area contributed by atoms with Crippen molar-refractivity contribution >= 4 is 17.8 Å². The van der Waals surface area contributed by atoms with Gasteiger partial charge in [0.1, 0.15) is 0 Å². The number of carboxylic acids is 1. The van der Waals surface area contributed by atoms with Crippen molar-refractivity contribution < 1.29 is 32.7 Å². The summed E-state index contributed by atoms with van der Waals surface area (Å²) in [4.78, 5) is 36.1. The number of carbonyl (C=O) groups is 3. The molecule has 0 radical (unpaired) electrons. The highest BCUT2D eigenvalue weighted by Gasteiger charge is 2.50. The van der Waals surface area contributed by atoms with E-state index >= 15 is 0 Å². The zero-order valence-corrected chi connectivity index (χ0v) is 13.4. The average Bonchev–Trinajstić information content (AvgIpc) is 3.04. The SMILES string of the molecule is CN1C(=O)C2CN(Cc3ccccc3)CC2C1=O.O=C(O)C(F)(F)F. The summed E-state index contributed by atoms with van der Waals surface area (Å²) in [5.41, 5.74) is 1.23. The summed E-state index contributed by atoms with van der Waals surface area (Å²) in [6, 6.07) is 10.2. The van der Waals surface area contributed by atoms with Crippen LogP contribution in [0.1, 0.15) is 5.56 Å². The summed E-state index contributed by atoms with van der Waals surface area (Å²) in [6.07, 6.45) is -5.08. The minimum Gasteiger partial charge on any atom is -0.475 e. The van der Waals surface area contributed by atoms with Gasteiger partial charge in [0.2, 0.25) is 11.8 Å². The lowest BCUT2D eigenvalue weighted by molar-refractivity contribution is -0.192. The first-order chi connectivity index (χ1) is 11.6. The summed E-state index contributed by atoms with van der Waals surface area (Å²) >= 11 is 0. The first-order valence-corrected chi connectivity index (χ1v) is 7.49. The molecule has 2 atom stereocenters. The number of aliphatic carboxylic acids is 1. The lowest BCUT2D eigenvalue weighted by Gasteiger charge is -2.18. The van der Waals surface area contributed by atoms with E-state index in [1.807, 2.05) is 18.2 Å². The predicted octanol–water partition coefficient (Wildman–Crippen LogP) is 1.37. The maximum atomic E-state index is 11.9. The van der Waals surface area contributed by atoms with Gasteiger partial charge in [-0.15, -0.1) is 0 Å². The van der Waals surface area contributed by atoms with E-state index < -0.39 is 12.1 Å². The second kappa shape index (κ2) is 7.22. The van der Waals surface area contributed by atoms with Gasteiger partial charge in [-0.25, -0.2) is 4.79 Å². The van der Waals surface area contributed by atoms with Crippen molar-refractivity contribution in [2.45, 2.75) is 12.7 Å². The van der Waals surface area contributed by atoms with Gasteiger partial charge in [-0.05, 0) is 5.56 Å². The van der Waals surface area contributed by atoms with Crippen LogP contribution in [0.3, 0.4) is 0 Å². The van der Waals surface area contributed by atoms with Crippen molar-refractivity contribution in [3.05, 3.63) is 35.9 Å². The Labute approximate surface area is 141 Å². The number of hydrogen-bond donors (Lipinski definition) is 1. The number of carboxylic acid groups (broad SMARTS) is 1. The molecule has 1 aromatic carbocycles. The molecule has 2 unspecified atom stereocenters. The fourth-order valence-corrected chi connectivity index (χ4v) is 2.96. The number of fused-ring (bicyclic) bond motifs is 1. The van der Waals surface area contributed by atoms with Gasteiger partial charge in [0.25, 0.3) is 0 Å². The van der Waals surface area contributed by atoms with E-state index in [9.17, 15) is 22.8 Å². The van der Waals surface area contributed by atoms with E-state index in [-0.39, 0.29) is 23.7 Å². The summed E-state index contributed by atoms with van der Waals surface area (Å²) in [5.74, 6) is -3.02. The fourth-order valence-electron chi connectivity index (χ4n) is 2.96. The van der Waals surface area contributed by atoms with Gasteiger partial charge in [-0.3, -0.25) is 19.4 Å². The largest absolute Gasteiger partial charge is 0.490 e. The standard InChI is InChI=1S/C14H16N2O2.C2HF3O2/c1-15-13(17)11-8-16(9-12(11)14(15)18)7-10-5-3-2-4-6-10;3-2(4,5)1(6)7/h2-6,11-12H,7-9H2,1H3;(H,6,7). The van der Waals surface area contributed by atoms with Crippen LogP contribution < -0.4 is 0 Å². The number of halogens is 3. The number of rotatable bonds is 2. The fraction of sp³-hybridized carbons (Fsp3) is 0.438. The van der Waals surface area contributed by atoms with Crippen molar-refractivity contribution in [3.63, 3.8) is 0 Å². The summed E-state index contributed by atoms with van der Waals surface area (Å²) < 4.78 is 31.7. The molecular weight excluding hydrogens is 341 g/mol. The zero-order chi connectivity index (χ0) is 18.8. The Hall–Kier alpha value is -2.42. The topological polar surface area (TPSA) is 77.9 Å². The van der Waals surface area contributed by atoms with Crippen LogP contribution in [0.4, 0.5) is 13.2 Å². The number of benzene rings is 1. The molecule has 2 fully saturated rings. The molecule has 0 spiro atoms. The van der Waals surface area contributed by atoms with Crippen LogP contribution in [-0.2, 0) is 20.9 Å². The van der Waals surface area contributed by atoms with E-state index in [2.05, 4.69) is 17.0 Å². The highest BCUT2D eigenvalue weighted by atomic mass is 19.4. The molecule has 2 aliphatic heterocycles. The Balaban J connectivity index is 0.000000277. The second-order valence-electron chi connectivity index (χ2n) is 5.93. The van der Waals surface area contributed by atoms with Crippen LogP contribution in [0.5, 0.6) is 0 Å². The predicted molar refractivity (Wildman–Crippen MR) is 80.2 cm³/mol. The molecule has 0 aliphatic carbocycles. The molecule has 3 rings (SSSR count). The van der Waals surface area contributed by atoms with Gasteiger partial charge in [0, 0.05) is 26.7 Å². The van der Waals surface area contributed by atoms with E-state index in [0.29, 0.717) is 13.1 Å². The van der Waals surface area contributed by atoms with Gasteiger partial charge in [-0.1, -0.05) is 30.3 Å². The highest BCUT2D eigenvalue weighted by Crippen LogP contribution is 2.33. The molecule has 2 heterocycles. The number of carbonyl (C=O) groups excluding carboxylic acids is 2. The lowest BCUT2D eigenvalue weighted by Crippen LogP contribution is -2.32. The first-order valence-electron chi connectivity index (χ1n) is 7.49. The molecule has 9 heteroatoms. The summed E-state index contributed by atoms with van der Waals surface area (Å²) in [7, 11) is 1.59. The number of alkyl halides is 3. The van der Waals surface area contributed by atoms with Crippen molar-refractivity contribution in [2.75, 3.05) is 20.1 Å². The van der Waals surface area contributed by atoms with Crippen LogP contribution in [0.25, 0.3) is 0 Å². The molecule has 0 aromatic heterocycles. The molecule has 25 heavy (non-hydrogen) atoms. The monoisotopic (exact) mass is 358 g/mol. The molecule has 1 aromatic rings. The molecule has 0 saturated carbocycles. The van der Waals surface area contributed by atoms with Crippen LogP contribution >= 0.6 is 0 Å². The molecule has 136 valence electrons. The van der Waals surface area contributed by atoms with Crippen LogP contribution in [-0.4, -0.2) is 59.0 Å². The molecule has 2 saturated heterocycles. The van der Waals surface area contributed by atoms with Crippen LogP contribution in [0.2, 0.25) is 0 Å². The molecule has 1 N–H and O–H groups in total. The molecule has 6 nitrogen and oxygen atoms in total. The van der Waals surface area contributed by atoms with Crippen molar-refractivity contribution in [2.24, 2.45) is 11.8 Å². The van der Waals surface area contributed by atoms with E-state index in [1.54, 1.807) is 7.05 Å². The number of amides is 2. The minimum absolute atomic E-state index is 0.0134. The van der Waals surface area contributed by atoms with Crippen LogP contribution in [0, 0.1) is 11.8 Å². The smallest absolute Gasteiger partial charge is 0.475 e. The number of hydrogen-bond acceptors (Lipinski definition) is 4. The number of nitrogens with zero attached hydrogens (tertiary/aromatic N) is 2. The molecule has 0 bridgehead atoms. The van der Waals surface area contributed by atoms with E-state index in [4.69, 9.17) is 9.90 Å². The molecule has 2 aliphatic rings. The quantitative estimate of drug-likeness (QED) is 0.808. The Morgan fingerprint density at radius 3 is 1.96 bits per heavy atom. The van der Waals surface area contributed by atoms with Gasteiger partial charge >= 0.3 is 12.1 Å². The van der Waals surface area contributed by atoms with Gasteiger partial charge in [0.05, 0.1) is 11.8 Å². The van der Waals surface area contributed by atoms with Gasteiger partial charge in [-0.2, -0.15) is 13.2 Å². The zero-order valence-electron chi connectivity index (χ0n) is 13.4. The van der Waals surface area contributed by atoms with Gasteiger partial charge < -0.3 is 5.11 Å². The third-order valence-corrected chi connectivity index (χ3v) is 4.18. The molecular formula is C16H17F3N2O4. The lowest BCUT2D eigenvalue weighted by atomic mass is 10.00. The Morgan fingerprint density at radius 2 is 1.56 bits per heavy atom. The van der Waals surface area contributed by atoms with E-state index in [1.165, 1.54) is 10.5 Å².